The molecular weight excluding hydrogens is 326 g/mol. The first kappa shape index (κ1) is 17.8. The second-order valence-corrected chi connectivity index (χ2v) is 6.15. The lowest BCUT2D eigenvalue weighted by Crippen LogP contribution is -2.36. The summed E-state index contributed by atoms with van der Waals surface area (Å²) in [5, 5.41) is 0. The van der Waals surface area contributed by atoms with Gasteiger partial charge in [-0.1, -0.05) is 6.07 Å². The van der Waals surface area contributed by atoms with Crippen LogP contribution in [0.3, 0.4) is 0 Å². The lowest BCUT2D eigenvalue weighted by Gasteiger charge is -2.32. The predicted molar refractivity (Wildman–Crippen MR) is 90.2 cm³/mol. The maximum absolute atomic E-state index is 14.1. The van der Waals surface area contributed by atoms with Gasteiger partial charge in [-0.3, -0.25) is 9.88 Å². The van der Waals surface area contributed by atoms with Crippen LogP contribution in [0.15, 0.2) is 36.5 Å². The van der Waals surface area contributed by atoms with Crippen LogP contribution in [-0.4, -0.2) is 36.2 Å². The van der Waals surface area contributed by atoms with Crippen LogP contribution in [0.1, 0.15) is 24.1 Å². The van der Waals surface area contributed by atoms with Crippen molar-refractivity contribution in [3.8, 4) is 5.75 Å². The van der Waals surface area contributed by atoms with E-state index in [1.54, 1.807) is 6.20 Å². The van der Waals surface area contributed by atoms with E-state index in [1.165, 1.54) is 13.2 Å². The highest BCUT2D eigenvalue weighted by Gasteiger charge is 2.23. The minimum atomic E-state index is -0.843. The van der Waals surface area contributed by atoms with Crippen LogP contribution in [0.5, 0.6) is 5.75 Å². The highest BCUT2D eigenvalue weighted by atomic mass is 19.2. The van der Waals surface area contributed by atoms with E-state index in [1.807, 2.05) is 18.2 Å². The van der Waals surface area contributed by atoms with Gasteiger partial charge in [-0.2, -0.15) is 0 Å². The third-order valence-electron chi connectivity index (χ3n) is 4.48. The van der Waals surface area contributed by atoms with Crippen LogP contribution in [0.2, 0.25) is 0 Å². The zero-order valence-corrected chi connectivity index (χ0v) is 14.3. The predicted octanol–water partition coefficient (Wildman–Crippen LogP) is 3.55. The zero-order chi connectivity index (χ0) is 17.6. The standard InChI is InChI=1S/C19H22F2N2O2/c1-24-18-6-5-17(20)19(21)16(18)12-23-10-7-15(8-11-23)25-13-14-4-2-3-9-22-14/h2-6,9,15H,7-8,10-13H2,1H3. The van der Waals surface area contributed by atoms with E-state index in [2.05, 4.69) is 9.88 Å². The highest BCUT2D eigenvalue weighted by molar-refractivity contribution is 5.35. The molecule has 2 aromatic rings. The third kappa shape index (κ3) is 4.52. The van der Waals surface area contributed by atoms with Gasteiger partial charge in [0.1, 0.15) is 5.75 Å². The quantitative estimate of drug-likeness (QED) is 0.800. The third-order valence-corrected chi connectivity index (χ3v) is 4.48. The Kier molecular flexibility index (Phi) is 5.94. The lowest BCUT2D eigenvalue weighted by atomic mass is 10.1. The summed E-state index contributed by atoms with van der Waals surface area (Å²) in [5.41, 5.74) is 1.19. The van der Waals surface area contributed by atoms with Gasteiger partial charge in [-0.05, 0) is 37.1 Å². The Morgan fingerprint density at radius 3 is 2.64 bits per heavy atom. The summed E-state index contributed by atoms with van der Waals surface area (Å²) < 4.78 is 38.6. The zero-order valence-electron chi connectivity index (χ0n) is 14.3. The van der Waals surface area contributed by atoms with E-state index in [-0.39, 0.29) is 11.7 Å². The molecule has 0 saturated carbocycles. The van der Waals surface area contributed by atoms with Crippen molar-refractivity contribution in [1.82, 2.24) is 9.88 Å². The van der Waals surface area contributed by atoms with Crippen molar-refractivity contribution >= 4 is 0 Å². The number of rotatable bonds is 6. The normalized spacial score (nSPS) is 16.1. The summed E-state index contributed by atoms with van der Waals surface area (Å²) in [6.07, 6.45) is 3.62. The van der Waals surface area contributed by atoms with Gasteiger partial charge in [0.25, 0.3) is 0 Å². The van der Waals surface area contributed by atoms with Crippen molar-refractivity contribution < 1.29 is 18.3 Å². The molecule has 1 aliphatic heterocycles. The summed E-state index contributed by atoms with van der Waals surface area (Å²) in [5.74, 6) is -1.29. The number of methoxy groups -OCH3 is 1. The maximum atomic E-state index is 14.1. The van der Waals surface area contributed by atoms with Crippen molar-refractivity contribution in [3.63, 3.8) is 0 Å². The number of benzene rings is 1. The number of aromatic nitrogens is 1. The Morgan fingerprint density at radius 1 is 1.16 bits per heavy atom. The number of ether oxygens (including phenoxy) is 2. The van der Waals surface area contributed by atoms with Crippen molar-refractivity contribution in [2.24, 2.45) is 0 Å². The number of hydrogen-bond acceptors (Lipinski definition) is 4. The molecule has 1 aromatic carbocycles. The van der Waals surface area contributed by atoms with Crippen LogP contribution < -0.4 is 4.74 Å². The molecular formula is C19H22F2N2O2. The molecule has 1 fully saturated rings. The van der Waals surface area contributed by atoms with Gasteiger partial charge >= 0.3 is 0 Å². The van der Waals surface area contributed by atoms with Crippen LogP contribution in [0.25, 0.3) is 0 Å². The Morgan fingerprint density at radius 2 is 1.96 bits per heavy atom. The summed E-state index contributed by atoms with van der Waals surface area (Å²) in [4.78, 5) is 6.34. The first-order valence-electron chi connectivity index (χ1n) is 8.42. The van der Waals surface area contributed by atoms with Crippen LogP contribution in [0, 0.1) is 11.6 Å². The first-order valence-corrected chi connectivity index (χ1v) is 8.42. The molecule has 1 aromatic heterocycles. The van der Waals surface area contributed by atoms with Crippen molar-refractivity contribution in [3.05, 3.63) is 59.4 Å². The number of piperidine rings is 1. The first-order chi connectivity index (χ1) is 12.2. The Bertz CT molecular complexity index is 689. The molecule has 1 saturated heterocycles. The largest absolute Gasteiger partial charge is 0.496 e. The van der Waals surface area contributed by atoms with Crippen LogP contribution >= 0.6 is 0 Å². The van der Waals surface area contributed by atoms with Gasteiger partial charge < -0.3 is 9.47 Å². The molecule has 0 unspecified atom stereocenters. The average Bonchev–Trinajstić information content (AvgIpc) is 2.66. The smallest absolute Gasteiger partial charge is 0.167 e. The van der Waals surface area contributed by atoms with Gasteiger partial charge in [0.05, 0.1) is 25.5 Å². The fourth-order valence-electron chi connectivity index (χ4n) is 3.06. The monoisotopic (exact) mass is 348 g/mol. The molecule has 0 spiro atoms. The fraction of sp³-hybridized carbons (Fsp3) is 0.421. The lowest BCUT2D eigenvalue weighted by molar-refractivity contribution is -0.00551. The molecule has 0 aliphatic carbocycles. The number of likely N-dealkylation sites (tertiary alicyclic amines) is 1. The van der Waals surface area contributed by atoms with Gasteiger partial charge in [-0.15, -0.1) is 0 Å². The Labute approximate surface area is 146 Å². The molecule has 0 bridgehead atoms. The van der Waals surface area contributed by atoms with Crippen molar-refractivity contribution in [2.75, 3.05) is 20.2 Å². The number of hydrogen-bond donors (Lipinski definition) is 0. The van der Waals surface area contributed by atoms with E-state index in [9.17, 15) is 8.78 Å². The van der Waals surface area contributed by atoms with Gasteiger partial charge in [0.2, 0.25) is 0 Å². The summed E-state index contributed by atoms with van der Waals surface area (Å²) >= 11 is 0. The van der Waals surface area contributed by atoms with Gasteiger partial charge in [0.15, 0.2) is 11.6 Å². The molecule has 0 N–H and O–H groups in total. The Balaban J connectivity index is 1.52. The second-order valence-electron chi connectivity index (χ2n) is 6.15. The SMILES string of the molecule is COc1ccc(F)c(F)c1CN1CCC(OCc2ccccn2)CC1. The van der Waals surface area contributed by atoms with E-state index >= 15 is 0 Å². The maximum Gasteiger partial charge on any atom is 0.167 e. The molecule has 3 rings (SSSR count). The van der Waals surface area contributed by atoms with Crippen LogP contribution in [-0.2, 0) is 17.9 Å². The number of halogens is 2. The average molecular weight is 348 g/mol. The molecule has 1 aliphatic rings. The molecule has 4 nitrogen and oxygen atoms in total. The molecule has 0 radical (unpaired) electrons. The molecule has 0 atom stereocenters. The molecule has 0 amide bonds. The second kappa shape index (κ2) is 8.36. The minimum Gasteiger partial charge on any atom is -0.496 e. The van der Waals surface area contributed by atoms with Gasteiger partial charge in [-0.25, -0.2) is 8.78 Å². The van der Waals surface area contributed by atoms with E-state index in [0.717, 1.165) is 37.7 Å². The summed E-state index contributed by atoms with van der Waals surface area (Å²) in [6, 6.07) is 8.32. The molecule has 2 heterocycles. The Hall–Kier alpha value is -2.05. The number of nitrogens with zero attached hydrogens (tertiary/aromatic N) is 2. The minimum absolute atomic E-state index is 0.164. The summed E-state index contributed by atoms with van der Waals surface area (Å²) in [7, 11) is 1.47. The van der Waals surface area contributed by atoms with E-state index < -0.39 is 11.6 Å². The van der Waals surface area contributed by atoms with Crippen molar-refractivity contribution in [2.45, 2.75) is 32.1 Å². The fourth-order valence-corrected chi connectivity index (χ4v) is 3.06. The van der Waals surface area contributed by atoms with E-state index in [4.69, 9.17) is 9.47 Å². The molecule has 6 heteroatoms. The highest BCUT2D eigenvalue weighted by Crippen LogP contribution is 2.26. The summed E-state index contributed by atoms with van der Waals surface area (Å²) in [6.45, 7) is 2.37. The topological polar surface area (TPSA) is 34.6 Å². The van der Waals surface area contributed by atoms with Gasteiger partial charge in [0, 0.05) is 31.4 Å². The molecule has 134 valence electrons. The van der Waals surface area contributed by atoms with Crippen LogP contribution in [0.4, 0.5) is 8.78 Å². The molecule has 25 heavy (non-hydrogen) atoms. The van der Waals surface area contributed by atoms with Crippen molar-refractivity contribution in [1.29, 1.82) is 0 Å². The number of pyridine rings is 1. The van der Waals surface area contributed by atoms with E-state index in [0.29, 0.717) is 18.9 Å².